The average molecular weight is 435 g/mol. The number of aromatic amines is 2. The molecule has 29 heavy (non-hydrogen) atoms. The molecule has 0 bridgehead atoms. The first-order valence-corrected chi connectivity index (χ1v) is 8.87. The van der Waals surface area contributed by atoms with E-state index in [1.807, 2.05) is 4.98 Å². The van der Waals surface area contributed by atoms with Crippen molar-refractivity contribution >= 4 is 23.2 Å². The molecular formula is C17H12Cl2N6O4. The van der Waals surface area contributed by atoms with Gasteiger partial charge in [-0.3, -0.25) is 14.6 Å². The van der Waals surface area contributed by atoms with Gasteiger partial charge in [0.15, 0.2) is 5.75 Å². The van der Waals surface area contributed by atoms with Gasteiger partial charge in [-0.25, -0.2) is 9.78 Å². The van der Waals surface area contributed by atoms with Crippen molar-refractivity contribution in [2.24, 2.45) is 0 Å². The summed E-state index contributed by atoms with van der Waals surface area (Å²) >= 11 is 12.5. The molecule has 2 heterocycles. The van der Waals surface area contributed by atoms with Gasteiger partial charge in [0.05, 0.1) is 21.9 Å². The lowest BCUT2D eigenvalue weighted by Gasteiger charge is -2.12. The van der Waals surface area contributed by atoms with E-state index < -0.39 is 16.9 Å². The molecule has 2 aromatic heterocycles. The van der Waals surface area contributed by atoms with Crippen LogP contribution in [0.15, 0.2) is 32.7 Å². The van der Waals surface area contributed by atoms with E-state index in [1.54, 1.807) is 19.9 Å². The fourth-order valence-corrected chi connectivity index (χ4v) is 2.92. The van der Waals surface area contributed by atoms with E-state index >= 15 is 0 Å². The summed E-state index contributed by atoms with van der Waals surface area (Å²) in [5.41, 5.74) is -2.25. The van der Waals surface area contributed by atoms with Crippen molar-refractivity contribution in [2.75, 3.05) is 0 Å². The largest absolute Gasteiger partial charge is 0.434 e. The molecule has 0 atom stereocenters. The molecule has 0 radical (unpaired) electrons. The Hall–Kier alpha value is -3.42. The number of nitrogens with zero attached hydrogens (tertiary/aromatic N) is 4. The highest BCUT2D eigenvalue weighted by molar-refractivity contribution is 6.37. The number of hydrogen-bond acceptors (Lipinski definition) is 7. The van der Waals surface area contributed by atoms with Gasteiger partial charge in [-0.1, -0.05) is 37.0 Å². The Kier molecular flexibility index (Phi) is 5.54. The molecule has 0 spiro atoms. The van der Waals surface area contributed by atoms with Crippen LogP contribution in [-0.4, -0.2) is 24.7 Å². The minimum atomic E-state index is -0.906. The van der Waals surface area contributed by atoms with E-state index in [4.69, 9.17) is 33.2 Å². The molecule has 2 N–H and O–H groups in total. The molecule has 0 aliphatic carbocycles. The van der Waals surface area contributed by atoms with Crippen LogP contribution in [0.5, 0.6) is 11.6 Å². The molecule has 3 rings (SSSR count). The summed E-state index contributed by atoms with van der Waals surface area (Å²) in [6.07, 6.45) is 1.27. The minimum absolute atomic E-state index is 0.00463. The van der Waals surface area contributed by atoms with Crippen LogP contribution in [0.25, 0.3) is 5.69 Å². The SMILES string of the molecule is CC(C)c1nc(Oc2c(Cl)cc(-n3nc(C#N)c(=O)[nH]c3=O)cc2Cl)c[nH]c1=O. The Balaban J connectivity index is 2.05. The van der Waals surface area contributed by atoms with Crippen molar-refractivity contribution < 1.29 is 4.74 Å². The van der Waals surface area contributed by atoms with Crippen molar-refractivity contribution in [3.8, 4) is 23.4 Å². The lowest BCUT2D eigenvalue weighted by Crippen LogP contribution is -2.33. The molecule has 0 saturated carbocycles. The van der Waals surface area contributed by atoms with Crippen molar-refractivity contribution in [2.45, 2.75) is 19.8 Å². The minimum Gasteiger partial charge on any atom is -0.434 e. The van der Waals surface area contributed by atoms with Crippen molar-refractivity contribution in [1.82, 2.24) is 24.7 Å². The van der Waals surface area contributed by atoms with E-state index in [-0.39, 0.29) is 44.5 Å². The van der Waals surface area contributed by atoms with Crippen LogP contribution in [0.3, 0.4) is 0 Å². The monoisotopic (exact) mass is 434 g/mol. The van der Waals surface area contributed by atoms with Gasteiger partial charge in [-0.05, 0) is 12.1 Å². The van der Waals surface area contributed by atoms with Crippen LogP contribution in [0.1, 0.15) is 31.2 Å². The van der Waals surface area contributed by atoms with Crippen LogP contribution in [0.4, 0.5) is 0 Å². The molecular weight excluding hydrogens is 423 g/mol. The highest BCUT2D eigenvalue weighted by atomic mass is 35.5. The third-order valence-corrected chi connectivity index (χ3v) is 4.27. The number of nitriles is 1. The van der Waals surface area contributed by atoms with Crippen LogP contribution in [-0.2, 0) is 0 Å². The predicted octanol–water partition coefficient (Wildman–Crippen LogP) is 2.10. The summed E-state index contributed by atoms with van der Waals surface area (Å²) in [5, 5.41) is 12.6. The molecule has 3 aromatic rings. The summed E-state index contributed by atoms with van der Waals surface area (Å²) in [5.74, 6) is -0.0385. The topological polar surface area (TPSA) is 147 Å². The maximum atomic E-state index is 12.0. The number of H-pyrrole nitrogens is 2. The van der Waals surface area contributed by atoms with E-state index in [2.05, 4.69) is 15.1 Å². The molecule has 0 aliphatic heterocycles. The van der Waals surface area contributed by atoms with Crippen LogP contribution < -0.4 is 21.5 Å². The highest BCUT2D eigenvalue weighted by Gasteiger charge is 2.16. The molecule has 12 heteroatoms. The van der Waals surface area contributed by atoms with E-state index in [9.17, 15) is 14.4 Å². The molecule has 10 nitrogen and oxygen atoms in total. The van der Waals surface area contributed by atoms with Gasteiger partial charge in [-0.15, -0.1) is 5.10 Å². The third-order valence-electron chi connectivity index (χ3n) is 3.70. The van der Waals surface area contributed by atoms with Crippen LogP contribution in [0.2, 0.25) is 10.0 Å². The second-order valence-corrected chi connectivity index (χ2v) is 6.89. The van der Waals surface area contributed by atoms with Gasteiger partial charge >= 0.3 is 5.69 Å². The number of halogens is 2. The fraction of sp³-hybridized carbons (Fsp3) is 0.176. The number of ether oxygens (including phenoxy) is 1. The Morgan fingerprint density at radius 3 is 2.41 bits per heavy atom. The molecule has 0 fully saturated rings. The first-order valence-electron chi connectivity index (χ1n) is 8.12. The maximum Gasteiger partial charge on any atom is 0.349 e. The third kappa shape index (κ3) is 4.06. The summed E-state index contributed by atoms with van der Waals surface area (Å²) < 4.78 is 6.38. The van der Waals surface area contributed by atoms with Gasteiger partial charge in [0.25, 0.3) is 11.1 Å². The van der Waals surface area contributed by atoms with E-state index in [1.165, 1.54) is 18.3 Å². The van der Waals surface area contributed by atoms with E-state index in [0.717, 1.165) is 4.68 Å². The van der Waals surface area contributed by atoms with Crippen molar-refractivity contribution in [3.63, 3.8) is 0 Å². The zero-order chi connectivity index (χ0) is 21.3. The molecule has 0 unspecified atom stereocenters. The van der Waals surface area contributed by atoms with Gasteiger partial charge in [0.2, 0.25) is 11.6 Å². The number of aromatic nitrogens is 5. The molecule has 0 aliphatic rings. The number of nitrogens with one attached hydrogen (secondary N) is 2. The molecule has 148 valence electrons. The van der Waals surface area contributed by atoms with Gasteiger partial charge < -0.3 is 9.72 Å². The first kappa shape index (κ1) is 20.3. The summed E-state index contributed by atoms with van der Waals surface area (Å²) in [4.78, 5) is 43.9. The summed E-state index contributed by atoms with van der Waals surface area (Å²) in [7, 11) is 0. The smallest absolute Gasteiger partial charge is 0.349 e. The Bertz CT molecular complexity index is 1300. The Labute approximate surface area is 172 Å². The fourth-order valence-electron chi connectivity index (χ4n) is 2.37. The lowest BCUT2D eigenvalue weighted by molar-refractivity contribution is 0.455. The zero-order valence-corrected chi connectivity index (χ0v) is 16.5. The highest BCUT2D eigenvalue weighted by Crippen LogP contribution is 2.37. The second kappa shape index (κ2) is 7.90. The van der Waals surface area contributed by atoms with Crippen LogP contribution in [0, 0.1) is 11.3 Å². The van der Waals surface area contributed by atoms with Gasteiger partial charge in [-0.2, -0.15) is 9.94 Å². The quantitative estimate of drug-likeness (QED) is 0.638. The van der Waals surface area contributed by atoms with Crippen LogP contribution >= 0.6 is 23.2 Å². The summed E-state index contributed by atoms with van der Waals surface area (Å²) in [6.45, 7) is 3.61. The Morgan fingerprint density at radius 1 is 1.17 bits per heavy atom. The average Bonchev–Trinajstić information content (AvgIpc) is 2.65. The normalized spacial score (nSPS) is 10.8. The number of benzene rings is 1. The zero-order valence-electron chi connectivity index (χ0n) is 15.0. The van der Waals surface area contributed by atoms with Gasteiger partial charge in [0, 0.05) is 5.92 Å². The molecule has 1 aromatic carbocycles. The van der Waals surface area contributed by atoms with Gasteiger partial charge in [0.1, 0.15) is 11.8 Å². The number of hydrogen-bond donors (Lipinski definition) is 2. The van der Waals surface area contributed by atoms with E-state index in [0.29, 0.717) is 0 Å². The maximum absolute atomic E-state index is 12.0. The number of rotatable bonds is 4. The van der Waals surface area contributed by atoms with Crippen molar-refractivity contribution in [1.29, 1.82) is 5.26 Å². The lowest BCUT2D eigenvalue weighted by atomic mass is 10.1. The molecule has 0 amide bonds. The first-order chi connectivity index (χ1) is 13.7. The Morgan fingerprint density at radius 2 is 1.83 bits per heavy atom. The summed E-state index contributed by atoms with van der Waals surface area (Å²) in [6, 6.07) is 4.20. The second-order valence-electron chi connectivity index (χ2n) is 6.08. The predicted molar refractivity (Wildman–Crippen MR) is 104 cm³/mol. The van der Waals surface area contributed by atoms with Crippen molar-refractivity contribution in [3.05, 3.63) is 71.0 Å². The molecule has 0 saturated heterocycles. The standard InChI is InChI=1S/C17H12Cl2N6O4/c1-7(2)13-16(27)21-6-12(22-13)29-14-9(18)3-8(4-10(14)19)25-17(28)23-15(26)11(5-20)24-25/h3-4,6-7H,1-2H3,(H,21,27)(H,23,26,28).